The Morgan fingerprint density at radius 3 is 2.47 bits per heavy atom. The maximum absolute atomic E-state index is 9.92. The molecule has 0 saturated carbocycles. The normalized spacial score (nSPS) is 13.0. The van der Waals surface area contributed by atoms with E-state index in [1.54, 1.807) is 19.1 Å². The summed E-state index contributed by atoms with van der Waals surface area (Å²) in [6.45, 7) is 9.63. The van der Waals surface area contributed by atoms with Crippen LogP contribution in [0.4, 0.5) is 0 Å². The van der Waals surface area contributed by atoms with Crippen LogP contribution in [0.15, 0.2) is 18.2 Å². The molecule has 1 unspecified atom stereocenters. The third-order valence-electron chi connectivity index (χ3n) is 2.96. The number of benzene rings is 1. The van der Waals surface area contributed by atoms with Crippen molar-refractivity contribution >= 4 is 0 Å². The molecule has 1 aromatic carbocycles. The Morgan fingerprint density at radius 1 is 1.26 bits per heavy atom. The van der Waals surface area contributed by atoms with Gasteiger partial charge in [-0.2, -0.15) is 0 Å². The second-order valence-electron chi connectivity index (χ2n) is 5.10. The lowest BCUT2D eigenvalue weighted by Gasteiger charge is -2.28. The van der Waals surface area contributed by atoms with Gasteiger partial charge in [-0.3, -0.25) is 4.90 Å². The fraction of sp³-hybridized carbons (Fsp3) is 0.600. The van der Waals surface area contributed by atoms with E-state index in [1.165, 1.54) is 0 Å². The molecular formula is C15H25NO3. The van der Waals surface area contributed by atoms with Crippen LogP contribution in [0, 0.1) is 0 Å². The van der Waals surface area contributed by atoms with Gasteiger partial charge in [-0.25, -0.2) is 0 Å². The SMILES string of the molecule is CCOc1ccc(O)c(CN(CC(C)O)C(C)C)c1. The zero-order valence-electron chi connectivity index (χ0n) is 12.3. The average Bonchev–Trinajstić information content (AvgIpc) is 2.32. The highest BCUT2D eigenvalue weighted by molar-refractivity contribution is 5.39. The van der Waals surface area contributed by atoms with Gasteiger partial charge in [-0.15, -0.1) is 0 Å². The Morgan fingerprint density at radius 2 is 1.95 bits per heavy atom. The minimum Gasteiger partial charge on any atom is -0.508 e. The fourth-order valence-electron chi connectivity index (χ4n) is 1.96. The van der Waals surface area contributed by atoms with Crippen LogP contribution in [0.1, 0.15) is 33.3 Å². The van der Waals surface area contributed by atoms with E-state index in [1.807, 2.05) is 13.0 Å². The highest BCUT2D eigenvalue weighted by Crippen LogP contribution is 2.25. The average molecular weight is 267 g/mol. The highest BCUT2D eigenvalue weighted by atomic mass is 16.5. The van der Waals surface area contributed by atoms with Crippen molar-refractivity contribution in [2.45, 2.75) is 46.4 Å². The van der Waals surface area contributed by atoms with Crippen LogP contribution in [0.3, 0.4) is 0 Å². The maximum Gasteiger partial charge on any atom is 0.120 e. The number of hydrogen-bond acceptors (Lipinski definition) is 4. The topological polar surface area (TPSA) is 52.9 Å². The summed E-state index contributed by atoms with van der Waals surface area (Å²) in [6.07, 6.45) is -0.389. The first kappa shape index (κ1) is 15.8. The first-order valence-electron chi connectivity index (χ1n) is 6.80. The summed E-state index contributed by atoms with van der Waals surface area (Å²) < 4.78 is 5.45. The molecule has 0 aliphatic carbocycles. The smallest absolute Gasteiger partial charge is 0.120 e. The van der Waals surface area contributed by atoms with Gasteiger partial charge >= 0.3 is 0 Å². The van der Waals surface area contributed by atoms with Crippen LogP contribution >= 0.6 is 0 Å². The van der Waals surface area contributed by atoms with E-state index >= 15 is 0 Å². The molecule has 0 aliphatic heterocycles. The molecule has 1 atom stereocenters. The number of hydrogen-bond donors (Lipinski definition) is 2. The molecule has 4 nitrogen and oxygen atoms in total. The predicted octanol–water partition coefficient (Wildman–Crippen LogP) is 2.38. The molecule has 0 fully saturated rings. The number of phenols is 1. The number of aliphatic hydroxyl groups is 1. The van der Waals surface area contributed by atoms with E-state index in [2.05, 4.69) is 18.7 Å². The molecule has 2 N–H and O–H groups in total. The van der Waals surface area contributed by atoms with Crippen molar-refractivity contribution in [2.75, 3.05) is 13.2 Å². The lowest BCUT2D eigenvalue weighted by molar-refractivity contribution is 0.102. The van der Waals surface area contributed by atoms with Crippen molar-refractivity contribution in [1.82, 2.24) is 4.90 Å². The standard InChI is InChI=1S/C15H25NO3/c1-5-19-14-6-7-15(18)13(8-14)10-16(11(2)3)9-12(4)17/h6-8,11-12,17-18H,5,9-10H2,1-4H3. The van der Waals surface area contributed by atoms with E-state index in [9.17, 15) is 10.2 Å². The van der Waals surface area contributed by atoms with Crippen LogP contribution in [0.25, 0.3) is 0 Å². The molecule has 4 heteroatoms. The minimum absolute atomic E-state index is 0.264. The van der Waals surface area contributed by atoms with Crippen molar-refractivity contribution < 1.29 is 14.9 Å². The van der Waals surface area contributed by atoms with Gasteiger partial charge in [0.1, 0.15) is 11.5 Å². The molecule has 0 spiro atoms. The molecule has 19 heavy (non-hydrogen) atoms. The maximum atomic E-state index is 9.92. The van der Waals surface area contributed by atoms with Gasteiger partial charge in [-0.1, -0.05) is 0 Å². The van der Waals surface area contributed by atoms with Crippen molar-refractivity contribution in [3.63, 3.8) is 0 Å². The number of phenolic OH excluding ortho intramolecular Hbond substituents is 1. The van der Waals surface area contributed by atoms with Crippen LogP contribution in [-0.2, 0) is 6.54 Å². The highest BCUT2D eigenvalue weighted by Gasteiger charge is 2.15. The Bertz CT molecular complexity index is 391. The molecule has 108 valence electrons. The quantitative estimate of drug-likeness (QED) is 0.796. The second-order valence-corrected chi connectivity index (χ2v) is 5.10. The zero-order valence-corrected chi connectivity index (χ0v) is 12.3. The number of ether oxygens (including phenoxy) is 1. The van der Waals surface area contributed by atoms with Crippen LogP contribution in [0.5, 0.6) is 11.5 Å². The molecule has 0 heterocycles. The van der Waals surface area contributed by atoms with E-state index < -0.39 is 0 Å². The largest absolute Gasteiger partial charge is 0.508 e. The first-order chi connectivity index (χ1) is 8.93. The predicted molar refractivity (Wildman–Crippen MR) is 76.5 cm³/mol. The lowest BCUT2D eigenvalue weighted by atomic mass is 10.1. The second kappa shape index (κ2) is 7.36. The molecule has 1 aromatic rings. The fourth-order valence-corrected chi connectivity index (χ4v) is 1.96. The van der Waals surface area contributed by atoms with E-state index in [4.69, 9.17) is 4.74 Å². The van der Waals surface area contributed by atoms with Gasteiger partial charge < -0.3 is 14.9 Å². The molecule has 1 rings (SSSR count). The molecule has 0 saturated heterocycles. The molecule has 0 bridgehead atoms. The van der Waals surface area contributed by atoms with Gasteiger partial charge in [0.2, 0.25) is 0 Å². The Kier molecular flexibility index (Phi) is 6.12. The van der Waals surface area contributed by atoms with Crippen molar-refractivity contribution in [1.29, 1.82) is 0 Å². The number of aliphatic hydroxyl groups excluding tert-OH is 1. The molecular weight excluding hydrogens is 242 g/mol. The summed E-state index contributed by atoms with van der Waals surface area (Å²) >= 11 is 0. The summed E-state index contributed by atoms with van der Waals surface area (Å²) in [4.78, 5) is 2.12. The van der Waals surface area contributed by atoms with Crippen molar-refractivity contribution in [3.05, 3.63) is 23.8 Å². The van der Waals surface area contributed by atoms with E-state index in [-0.39, 0.29) is 11.9 Å². The van der Waals surface area contributed by atoms with Gasteiger partial charge in [0.05, 0.1) is 12.7 Å². The van der Waals surface area contributed by atoms with E-state index in [0.29, 0.717) is 25.7 Å². The third kappa shape index (κ3) is 5.09. The zero-order chi connectivity index (χ0) is 14.4. The summed E-state index contributed by atoms with van der Waals surface area (Å²) in [6, 6.07) is 5.57. The molecule has 0 aromatic heterocycles. The summed E-state index contributed by atoms with van der Waals surface area (Å²) in [5, 5.41) is 19.5. The Hall–Kier alpha value is -1.26. The van der Waals surface area contributed by atoms with Crippen LogP contribution in [0.2, 0.25) is 0 Å². The Balaban J connectivity index is 2.85. The number of nitrogens with zero attached hydrogens (tertiary/aromatic N) is 1. The third-order valence-corrected chi connectivity index (χ3v) is 2.96. The lowest BCUT2D eigenvalue weighted by Crippen LogP contribution is -2.36. The molecule has 0 amide bonds. The van der Waals surface area contributed by atoms with Crippen LogP contribution < -0.4 is 4.74 Å². The van der Waals surface area contributed by atoms with Gasteiger partial charge in [-0.05, 0) is 45.9 Å². The monoisotopic (exact) mass is 267 g/mol. The Labute approximate surface area is 115 Å². The first-order valence-corrected chi connectivity index (χ1v) is 6.80. The van der Waals surface area contributed by atoms with Crippen molar-refractivity contribution in [3.8, 4) is 11.5 Å². The minimum atomic E-state index is -0.389. The summed E-state index contributed by atoms with van der Waals surface area (Å²) in [7, 11) is 0. The summed E-state index contributed by atoms with van der Waals surface area (Å²) in [5.41, 5.74) is 0.820. The van der Waals surface area contributed by atoms with E-state index in [0.717, 1.165) is 11.3 Å². The van der Waals surface area contributed by atoms with Gasteiger partial charge in [0, 0.05) is 24.7 Å². The summed E-state index contributed by atoms with van der Waals surface area (Å²) in [5.74, 6) is 1.02. The van der Waals surface area contributed by atoms with Gasteiger partial charge in [0.15, 0.2) is 0 Å². The molecule has 0 radical (unpaired) electrons. The van der Waals surface area contributed by atoms with Crippen molar-refractivity contribution in [2.24, 2.45) is 0 Å². The number of aromatic hydroxyl groups is 1. The molecule has 0 aliphatic rings. The number of rotatable bonds is 7. The van der Waals surface area contributed by atoms with Gasteiger partial charge in [0.25, 0.3) is 0 Å². The van der Waals surface area contributed by atoms with Crippen LogP contribution in [-0.4, -0.2) is 40.4 Å².